The highest BCUT2D eigenvalue weighted by Gasteiger charge is 2.18. The summed E-state index contributed by atoms with van der Waals surface area (Å²) in [7, 11) is -1.32. The molecule has 10 heteroatoms. The van der Waals surface area contributed by atoms with Gasteiger partial charge in [-0.25, -0.2) is 18.0 Å². The van der Waals surface area contributed by atoms with E-state index in [-0.39, 0.29) is 34.2 Å². The van der Waals surface area contributed by atoms with Gasteiger partial charge in [0.2, 0.25) is 0 Å². The molecule has 1 amide bonds. The number of benzene rings is 2. The van der Waals surface area contributed by atoms with E-state index in [0.717, 1.165) is 0 Å². The first-order valence-corrected chi connectivity index (χ1v) is 9.62. The van der Waals surface area contributed by atoms with Crippen molar-refractivity contribution in [1.29, 1.82) is 0 Å². The standard InChI is InChI=1S/C18H20N2O7S/c1-4-27-18(22)19-15-11-14(9-10-16(15)25-2)28(23,24)20-13-7-5-12(6-8-13)17(21)26-3/h5-11,20H,4H2,1-3H3,(H,19,22). The van der Waals surface area contributed by atoms with Crippen molar-refractivity contribution in [3.05, 3.63) is 48.0 Å². The summed E-state index contributed by atoms with van der Waals surface area (Å²) in [6.45, 7) is 1.81. The van der Waals surface area contributed by atoms with Gasteiger partial charge in [0.1, 0.15) is 5.75 Å². The van der Waals surface area contributed by atoms with Crippen LogP contribution in [0.1, 0.15) is 17.3 Å². The molecule has 0 spiro atoms. The molecule has 2 N–H and O–H groups in total. The van der Waals surface area contributed by atoms with Gasteiger partial charge in [0, 0.05) is 5.69 Å². The van der Waals surface area contributed by atoms with Crippen LogP contribution in [0.15, 0.2) is 47.4 Å². The van der Waals surface area contributed by atoms with E-state index in [1.807, 2.05) is 0 Å². The zero-order chi connectivity index (χ0) is 20.7. The van der Waals surface area contributed by atoms with Crippen molar-refractivity contribution < 1.29 is 32.2 Å². The van der Waals surface area contributed by atoms with Crippen LogP contribution in [-0.4, -0.2) is 41.3 Å². The fourth-order valence-electron chi connectivity index (χ4n) is 2.24. The molecule has 0 radical (unpaired) electrons. The lowest BCUT2D eigenvalue weighted by molar-refractivity contribution is 0.0600. The van der Waals surface area contributed by atoms with E-state index in [0.29, 0.717) is 0 Å². The number of sulfonamides is 1. The number of hydrogen-bond acceptors (Lipinski definition) is 7. The molecule has 2 aromatic carbocycles. The van der Waals surface area contributed by atoms with Gasteiger partial charge < -0.3 is 14.2 Å². The third-order valence-corrected chi connectivity index (χ3v) is 4.93. The first-order chi connectivity index (χ1) is 13.3. The molecule has 0 heterocycles. The maximum Gasteiger partial charge on any atom is 0.411 e. The molecular weight excluding hydrogens is 388 g/mol. The van der Waals surface area contributed by atoms with Crippen molar-refractivity contribution in [2.45, 2.75) is 11.8 Å². The smallest absolute Gasteiger partial charge is 0.411 e. The van der Waals surface area contributed by atoms with E-state index < -0.39 is 22.1 Å². The summed E-state index contributed by atoms with van der Waals surface area (Å²) in [5, 5.41) is 2.44. The number of amides is 1. The molecule has 2 rings (SSSR count). The Morgan fingerprint density at radius 2 is 1.71 bits per heavy atom. The number of esters is 1. The van der Waals surface area contributed by atoms with Crippen LogP contribution in [0.2, 0.25) is 0 Å². The largest absolute Gasteiger partial charge is 0.495 e. The number of carbonyl (C=O) groups excluding carboxylic acids is 2. The van der Waals surface area contributed by atoms with Gasteiger partial charge in [-0.2, -0.15) is 0 Å². The molecule has 9 nitrogen and oxygen atoms in total. The molecule has 0 aliphatic heterocycles. The van der Waals surface area contributed by atoms with Crippen LogP contribution in [0.25, 0.3) is 0 Å². The van der Waals surface area contributed by atoms with E-state index in [9.17, 15) is 18.0 Å². The SMILES string of the molecule is CCOC(=O)Nc1cc(S(=O)(=O)Nc2ccc(C(=O)OC)cc2)ccc1OC. The Labute approximate surface area is 162 Å². The van der Waals surface area contributed by atoms with Crippen LogP contribution in [0, 0.1) is 0 Å². The Hall–Kier alpha value is -3.27. The normalized spacial score (nSPS) is 10.7. The van der Waals surface area contributed by atoms with Crippen molar-refractivity contribution in [2.75, 3.05) is 30.9 Å². The highest BCUT2D eigenvalue weighted by molar-refractivity contribution is 7.92. The van der Waals surface area contributed by atoms with Crippen LogP contribution in [-0.2, 0) is 19.5 Å². The molecule has 0 fully saturated rings. The summed E-state index contributed by atoms with van der Waals surface area (Å²) in [5.74, 6) is -0.256. The van der Waals surface area contributed by atoms with Crippen LogP contribution in [0.4, 0.5) is 16.2 Å². The first-order valence-electron chi connectivity index (χ1n) is 8.13. The van der Waals surface area contributed by atoms with Gasteiger partial charge in [0.15, 0.2) is 0 Å². The lowest BCUT2D eigenvalue weighted by Crippen LogP contribution is -2.16. The third kappa shape index (κ3) is 5.13. The Kier molecular flexibility index (Phi) is 6.83. The van der Waals surface area contributed by atoms with E-state index in [4.69, 9.17) is 9.47 Å². The third-order valence-electron chi connectivity index (χ3n) is 3.55. The van der Waals surface area contributed by atoms with Gasteiger partial charge in [-0.3, -0.25) is 10.0 Å². The summed E-state index contributed by atoms with van der Waals surface area (Å²) in [5.41, 5.74) is 0.684. The summed E-state index contributed by atoms with van der Waals surface area (Å²) in [4.78, 5) is 23.0. The Morgan fingerprint density at radius 1 is 1.04 bits per heavy atom. The lowest BCUT2D eigenvalue weighted by Gasteiger charge is -2.13. The minimum atomic E-state index is -3.96. The number of methoxy groups -OCH3 is 2. The second-order valence-corrected chi connectivity index (χ2v) is 7.06. The van der Waals surface area contributed by atoms with Crippen molar-refractivity contribution in [1.82, 2.24) is 0 Å². The molecule has 2 aromatic rings. The van der Waals surface area contributed by atoms with E-state index in [1.54, 1.807) is 6.92 Å². The van der Waals surface area contributed by atoms with Crippen molar-refractivity contribution in [3.8, 4) is 5.75 Å². The first kappa shape index (κ1) is 21.0. The number of nitrogens with one attached hydrogen (secondary N) is 2. The van der Waals surface area contributed by atoms with Crippen LogP contribution in [0.3, 0.4) is 0 Å². The monoisotopic (exact) mass is 408 g/mol. The topological polar surface area (TPSA) is 120 Å². The van der Waals surface area contributed by atoms with Gasteiger partial charge in [-0.05, 0) is 49.4 Å². The van der Waals surface area contributed by atoms with Crippen LogP contribution < -0.4 is 14.8 Å². The number of anilines is 2. The van der Waals surface area contributed by atoms with Gasteiger partial charge >= 0.3 is 12.1 Å². The zero-order valence-corrected chi connectivity index (χ0v) is 16.3. The predicted octanol–water partition coefficient (Wildman–Crippen LogP) is 2.85. The van der Waals surface area contributed by atoms with E-state index >= 15 is 0 Å². The minimum absolute atomic E-state index is 0.0999. The minimum Gasteiger partial charge on any atom is -0.495 e. The number of ether oxygens (including phenoxy) is 3. The van der Waals surface area contributed by atoms with Crippen molar-refractivity contribution in [2.24, 2.45) is 0 Å². The van der Waals surface area contributed by atoms with Gasteiger partial charge in [0.25, 0.3) is 10.0 Å². The molecule has 0 aliphatic rings. The summed E-state index contributed by atoms with van der Waals surface area (Å²) in [6.07, 6.45) is -0.735. The number of hydrogen-bond donors (Lipinski definition) is 2. The lowest BCUT2D eigenvalue weighted by atomic mass is 10.2. The molecule has 0 atom stereocenters. The molecular formula is C18H20N2O7S. The molecule has 0 aliphatic carbocycles. The van der Waals surface area contributed by atoms with Crippen LogP contribution >= 0.6 is 0 Å². The molecule has 0 aromatic heterocycles. The summed E-state index contributed by atoms with van der Waals surface area (Å²) < 4.78 is 42.2. The highest BCUT2D eigenvalue weighted by atomic mass is 32.2. The van der Waals surface area contributed by atoms with E-state index in [1.165, 1.54) is 56.7 Å². The van der Waals surface area contributed by atoms with Gasteiger partial charge in [-0.1, -0.05) is 0 Å². The van der Waals surface area contributed by atoms with Crippen molar-refractivity contribution >= 4 is 33.5 Å². The Balaban J connectivity index is 2.27. The molecule has 0 bridgehead atoms. The second kappa shape index (κ2) is 9.09. The number of carbonyl (C=O) groups is 2. The average Bonchev–Trinajstić information content (AvgIpc) is 2.67. The average molecular weight is 408 g/mol. The maximum absolute atomic E-state index is 12.7. The van der Waals surface area contributed by atoms with E-state index in [2.05, 4.69) is 14.8 Å². The van der Waals surface area contributed by atoms with Gasteiger partial charge in [0.05, 0.1) is 37.0 Å². The molecule has 150 valence electrons. The molecule has 0 unspecified atom stereocenters. The molecule has 0 saturated heterocycles. The summed E-state index contributed by atoms with van der Waals surface area (Å²) >= 11 is 0. The molecule has 28 heavy (non-hydrogen) atoms. The molecule has 0 saturated carbocycles. The zero-order valence-electron chi connectivity index (χ0n) is 15.5. The number of rotatable bonds is 7. The van der Waals surface area contributed by atoms with Gasteiger partial charge in [-0.15, -0.1) is 0 Å². The highest BCUT2D eigenvalue weighted by Crippen LogP contribution is 2.28. The Morgan fingerprint density at radius 3 is 2.29 bits per heavy atom. The second-order valence-electron chi connectivity index (χ2n) is 5.38. The van der Waals surface area contributed by atoms with Crippen molar-refractivity contribution in [3.63, 3.8) is 0 Å². The fraction of sp³-hybridized carbons (Fsp3) is 0.222. The Bertz CT molecular complexity index is 956. The van der Waals surface area contributed by atoms with Crippen LogP contribution in [0.5, 0.6) is 5.75 Å². The fourth-order valence-corrected chi connectivity index (χ4v) is 3.32. The summed E-state index contributed by atoms with van der Waals surface area (Å²) in [6, 6.07) is 9.74. The quantitative estimate of drug-likeness (QED) is 0.676. The predicted molar refractivity (Wildman–Crippen MR) is 102 cm³/mol. The maximum atomic E-state index is 12.7.